The van der Waals surface area contributed by atoms with E-state index < -0.39 is 16.9 Å². The summed E-state index contributed by atoms with van der Waals surface area (Å²) in [4.78, 5) is 35.1. The van der Waals surface area contributed by atoms with E-state index in [9.17, 15) is 19.7 Å². The Kier molecular flexibility index (Phi) is 5.46. The molecule has 0 radical (unpaired) electrons. The summed E-state index contributed by atoms with van der Waals surface area (Å²) < 4.78 is 5.34. The molecule has 8 heteroatoms. The zero-order valence-corrected chi connectivity index (χ0v) is 14.7. The third-order valence-corrected chi connectivity index (χ3v) is 4.28. The van der Waals surface area contributed by atoms with Gasteiger partial charge in [0.1, 0.15) is 6.10 Å². The van der Waals surface area contributed by atoms with Gasteiger partial charge < -0.3 is 15.4 Å². The number of nitro benzene ring substituents is 1. The van der Waals surface area contributed by atoms with Crippen LogP contribution in [0.15, 0.2) is 42.5 Å². The van der Waals surface area contributed by atoms with Crippen LogP contribution < -0.4 is 10.6 Å². The molecule has 0 saturated carbocycles. The molecular weight excluding hydrogens is 350 g/mol. The normalized spacial score (nSPS) is 16.0. The highest BCUT2D eigenvalue weighted by Gasteiger charge is 2.23. The highest BCUT2D eigenvalue weighted by molar-refractivity contribution is 6.05. The van der Waals surface area contributed by atoms with E-state index in [1.807, 2.05) is 0 Å². The predicted octanol–water partition coefficient (Wildman–Crippen LogP) is 3.27. The van der Waals surface area contributed by atoms with Crippen molar-refractivity contribution in [2.75, 3.05) is 17.2 Å². The van der Waals surface area contributed by atoms with Crippen LogP contribution >= 0.6 is 0 Å². The number of amides is 2. The molecule has 2 aromatic rings. The van der Waals surface area contributed by atoms with Crippen LogP contribution in [0, 0.1) is 17.0 Å². The molecule has 3 rings (SSSR count). The van der Waals surface area contributed by atoms with Gasteiger partial charge in [0.15, 0.2) is 0 Å². The van der Waals surface area contributed by atoms with E-state index >= 15 is 0 Å². The Labute approximate surface area is 155 Å². The average molecular weight is 369 g/mol. The van der Waals surface area contributed by atoms with Gasteiger partial charge in [0, 0.05) is 35.2 Å². The van der Waals surface area contributed by atoms with Crippen molar-refractivity contribution in [2.45, 2.75) is 25.9 Å². The van der Waals surface area contributed by atoms with Crippen molar-refractivity contribution in [3.05, 3.63) is 63.7 Å². The van der Waals surface area contributed by atoms with Gasteiger partial charge in [-0.05, 0) is 44.0 Å². The summed E-state index contributed by atoms with van der Waals surface area (Å²) in [5, 5.41) is 16.4. The Morgan fingerprint density at radius 3 is 2.63 bits per heavy atom. The maximum Gasteiger partial charge on any atom is 0.274 e. The number of aryl methyl sites for hydroxylation is 1. The lowest BCUT2D eigenvalue weighted by Crippen LogP contribution is -2.27. The topological polar surface area (TPSA) is 111 Å². The van der Waals surface area contributed by atoms with Gasteiger partial charge in [-0.1, -0.05) is 12.1 Å². The van der Waals surface area contributed by atoms with Gasteiger partial charge in [0.05, 0.1) is 4.92 Å². The minimum Gasteiger partial charge on any atom is -0.368 e. The third-order valence-electron chi connectivity index (χ3n) is 4.28. The first-order valence-corrected chi connectivity index (χ1v) is 8.53. The number of rotatable bonds is 5. The van der Waals surface area contributed by atoms with Gasteiger partial charge in [0.2, 0.25) is 0 Å². The maximum absolute atomic E-state index is 12.5. The Morgan fingerprint density at radius 2 is 1.93 bits per heavy atom. The SMILES string of the molecule is Cc1ccc(NC(=O)c2cccc(NC(=O)[C@H]3CCCO3)c2)cc1[N+](=O)[O-]. The molecular formula is C19H19N3O5. The number of anilines is 2. The first kappa shape index (κ1) is 18.5. The molecule has 140 valence electrons. The van der Waals surface area contributed by atoms with Crippen LogP contribution in [0.5, 0.6) is 0 Å². The summed E-state index contributed by atoms with van der Waals surface area (Å²) in [5.74, 6) is -0.666. The van der Waals surface area contributed by atoms with Crippen LogP contribution in [-0.2, 0) is 9.53 Å². The van der Waals surface area contributed by atoms with Crippen molar-refractivity contribution >= 4 is 28.9 Å². The number of ether oxygens (including phenoxy) is 1. The van der Waals surface area contributed by atoms with Gasteiger partial charge in [0.25, 0.3) is 17.5 Å². The predicted molar refractivity (Wildman–Crippen MR) is 99.8 cm³/mol. The molecule has 1 aliphatic rings. The fourth-order valence-electron chi connectivity index (χ4n) is 2.83. The number of hydrogen-bond donors (Lipinski definition) is 2. The fraction of sp³-hybridized carbons (Fsp3) is 0.263. The Bertz CT molecular complexity index is 891. The molecule has 1 atom stereocenters. The standard InChI is InChI=1S/C19H19N3O5/c1-12-7-8-15(11-16(12)22(25)26)20-18(23)13-4-2-5-14(10-13)21-19(24)17-6-3-9-27-17/h2,4-5,7-8,10-11,17H,3,6,9H2,1H3,(H,20,23)(H,21,24)/t17-/m1/s1. The van der Waals surface area contributed by atoms with E-state index in [2.05, 4.69) is 10.6 Å². The molecule has 1 fully saturated rings. The summed E-state index contributed by atoms with van der Waals surface area (Å²) in [7, 11) is 0. The van der Waals surface area contributed by atoms with E-state index in [0.29, 0.717) is 35.5 Å². The third kappa shape index (κ3) is 4.48. The zero-order chi connectivity index (χ0) is 19.4. The zero-order valence-electron chi connectivity index (χ0n) is 14.7. The molecule has 0 aromatic heterocycles. The molecule has 1 aliphatic heterocycles. The molecule has 0 aliphatic carbocycles. The van der Waals surface area contributed by atoms with Crippen molar-refractivity contribution < 1.29 is 19.2 Å². The molecule has 1 heterocycles. The van der Waals surface area contributed by atoms with Crippen molar-refractivity contribution in [3.8, 4) is 0 Å². The van der Waals surface area contributed by atoms with Crippen molar-refractivity contribution in [1.29, 1.82) is 0 Å². The lowest BCUT2D eigenvalue weighted by Gasteiger charge is -2.11. The quantitative estimate of drug-likeness (QED) is 0.621. The lowest BCUT2D eigenvalue weighted by molar-refractivity contribution is -0.385. The van der Waals surface area contributed by atoms with Crippen LogP contribution in [0.4, 0.5) is 17.1 Å². The first-order valence-electron chi connectivity index (χ1n) is 8.53. The summed E-state index contributed by atoms with van der Waals surface area (Å²) >= 11 is 0. The van der Waals surface area contributed by atoms with Gasteiger partial charge in [-0.3, -0.25) is 19.7 Å². The van der Waals surface area contributed by atoms with Crippen LogP contribution in [0.1, 0.15) is 28.8 Å². The molecule has 0 bridgehead atoms. The van der Waals surface area contributed by atoms with Crippen LogP contribution in [0.2, 0.25) is 0 Å². The molecule has 2 N–H and O–H groups in total. The number of nitrogens with one attached hydrogen (secondary N) is 2. The molecule has 2 aromatic carbocycles. The Balaban J connectivity index is 1.71. The van der Waals surface area contributed by atoms with Crippen LogP contribution in [0.25, 0.3) is 0 Å². The highest BCUT2D eigenvalue weighted by atomic mass is 16.6. The smallest absolute Gasteiger partial charge is 0.274 e. The summed E-state index contributed by atoms with van der Waals surface area (Å²) in [6.07, 6.45) is 1.07. The molecule has 2 amide bonds. The summed E-state index contributed by atoms with van der Waals surface area (Å²) in [6, 6.07) is 11.0. The highest BCUT2D eigenvalue weighted by Crippen LogP contribution is 2.23. The minimum atomic E-state index is -0.494. The van der Waals surface area contributed by atoms with E-state index in [1.54, 1.807) is 43.3 Å². The van der Waals surface area contributed by atoms with Crippen LogP contribution in [0.3, 0.4) is 0 Å². The van der Waals surface area contributed by atoms with Gasteiger partial charge >= 0.3 is 0 Å². The summed E-state index contributed by atoms with van der Waals surface area (Å²) in [6.45, 7) is 2.20. The van der Waals surface area contributed by atoms with E-state index in [-0.39, 0.29) is 11.6 Å². The van der Waals surface area contributed by atoms with Gasteiger partial charge in [-0.15, -0.1) is 0 Å². The van der Waals surface area contributed by atoms with E-state index in [0.717, 1.165) is 6.42 Å². The maximum atomic E-state index is 12.5. The number of carbonyl (C=O) groups excluding carboxylic acids is 2. The number of nitrogens with zero attached hydrogens (tertiary/aromatic N) is 1. The number of carbonyl (C=O) groups is 2. The van der Waals surface area contributed by atoms with Gasteiger partial charge in [-0.25, -0.2) is 0 Å². The van der Waals surface area contributed by atoms with Crippen LogP contribution in [-0.4, -0.2) is 29.4 Å². The number of nitro groups is 1. The van der Waals surface area contributed by atoms with E-state index in [1.165, 1.54) is 6.07 Å². The number of benzene rings is 2. The average Bonchev–Trinajstić information content (AvgIpc) is 3.18. The monoisotopic (exact) mass is 369 g/mol. The molecule has 0 spiro atoms. The lowest BCUT2D eigenvalue weighted by atomic mass is 10.1. The number of hydrogen-bond acceptors (Lipinski definition) is 5. The first-order chi connectivity index (χ1) is 12.9. The second-order valence-corrected chi connectivity index (χ2v) is 6.28. The molecule has 0 unspecified atom stereocenters. The second-order valence-electron chi connectivity index (χ2n) is 6.28. The van der Waals surface area contributed by atoms with Gasteiger partial charge in [-0.2, -0.15) is 0 Å². The largest absolute Gasteiger partial charge is 0.368 e. The molecule has 27 heavy (non-hydrogen) atoms. The minimum absolute atomic E-state index is 0.0645. The van der Waals surface area contributed by atoms with Crippen molar-refractivity contribution in [1.82, 2.24) is 0 Å². The van der Waals surface area contributed by atoms with E-state index in [4.69, 9.17) is 4.74 Å². The Hall–Kier alpha value is -3.26. The molecule has 8 nitrogen and oxygen atoms in total. The van der Waals surface area contributed by atoms with Crippen molar-refractivity contribution in [3.63, 3.8) is 0 Å². The molecule has 1 saturated heterocycles. The Morgan fingerprint density at radius 1 is 1.15 bits per heavy atom. The second kappa shape index (κ2) is 7.96. The summed E-state index contributed by atoms with van der Waals surface area (Å²) in [5.41, 5.74) is 1.58. The fourth-order valence-corrected chi connectivity index (χ4v) is 2.83. The van der Waals surface area contributed by atoms with Crippen molar-refractivity contribution in [2.24, 2.45) is 0 Å².